The molecule has 0 aliphatic heterocycles. The van der Waals surface area contributed by atoms with Gasteiger partial charge in [0.2, 0.25) is 0 Å². The van der Waals surface area contributed by atoms with Crippen LogP contribution in [0.4, 0.5) is 0 Å². The first-order valence-corrected chi connectivity index (χ1v) is 17.3. The van der Waals surface area contributed by atoms with Crippen molar-refractivity contribution >= 4 is 3.21 Å². The van der Waals surface area contributed by atoms with Crippen LogP contribution in [0.15, 0.2) is 109 Å². The summed E-state index contributed by atoms with van der Waals surface area (Å²) in [6.45, 7) is 13.6. The molecule has 0 aromatic heterocycles. The quantitative estimate of drug-likeness (QED) is 0.218. The zero-order valence-corrected chi connectivity index (χ0v) is 32.4. The second-order valence-electron chi connectivity index (χ2n) is 13.9. The summed E-state index contributed by atoms with van der Waals surface area (Å²) >= 11 is 1.60. The van der Waals surface area contributed by atoms with E-state index in [1.54, 1.807) is 27.4 Å². The van der Waals surface area contributed by atoms with Gasteiger partial charge in [0, 0.05) is 0 Å². The van der Waals surface area contributed by atoms with E-state index in [0.717, 1.165) is 12.8 Å². The van der Waals surface area contributed by atoms with E-state index in [9.17, 15) is 0 Å². The first-order chi connectivity index (χ1) is 21.0. The van der Waals surface area contributed by atoms with E-state index in [4.69, 9.17) is 0 Å². The molecule has 0 bridgehead atoms. The van der Waals surface area contributed by atoms with Crippen molar-refractivity contribution in [3.05, 3.63) is 155 Å². The first-order valence-electron chi connectivity index (χ1n) is 16.1. The predicted octanol–water partition coefficient (Wildman–Crippen LogP) is 4.94. The van der Waals surface area contributed by atoms with E-state index in [1.165, 1.54) is 70.2 Å². The topological polar surface area (TPSA) is 0 Å². The third-order valence-electron chi connectivity index (χ3n) is 8.17. The molecule has 3 heteroatoms. The summed E-state index contributed by atoms with van der Waals surface area (Å²) in [6.07, 6.45) is 15.9. The molecule has 0 unspecified atom stereocenters. The average Bonchev–Trinajstić information content (AvgIpc) is 3.71. The van der Waals surface area contributed by atoms with Gasteiger partial charge in [-0.15, -0.1) is 17.5 Å². The van der Waals surface area contributed by atoms with E-state index in [2.05, 4.69) is 151 Å². The molecule has 0 saturated heterocycles. The number of hydrogen-bond donors (Lipinski definition) is 0. The summed E-state index contributed by atoms with van der Waals surface area (Å²) in [6, 6.07) is 36.7. The van der Waals surface area contributed by atoms with Gasteiger partial charge in [-0.3, -0.25) is 6.08 Å². The first kappa shape index (κ1) is 39.9. The van der Waals surface area contributed by atoms with E-state index < -0.39 is 0 Å². The van der Waals surface area contributed by atoms with Crippen molar-refractivity contribution in [1.82, 2.24) is 0 Å². The van der Waals surface area contributed by atoms with Crippen LogP contribution >= 0.6 is 0 Å². The van der Waals surface area contributed by atoms with Gasteiger partial charge in [-0.25, -0.2) is 12.2 Å². The molecule has 0 spiro atoms. The number of halogens is 2. The summed E-state index contributed by atoms with van der Waals surface area (Å²) in [5.41, 5.74) is 11.6. The van der Waals surface area contributed by atoms with Crippen LogP contribution in [0.25, 0.3) is 11.1 Å². The van der Waals surface area contributed by atoms with Gasteiger partial charge in [-0.2, -0.15) is 29.8 Å². The van der Waals surface area contributed by atoms with Crippen molar-refractivity contribution in [3.8, 4) is 11.1 Å². The Morgan fingerprint density at radius 1 is 0.696 bits per heavy atom. The Bertz CT molecular complexity index is 1450. The summed E-state index contributed by atoms with van der Waals surface area (Å²) in [4.78, 5) is 0. The van der Waals surface area contributed by atoms with Crippen molar-refractivity contribution in [2.24, 2.45) is 0 Å². The molecule has 46 heavy (non-hydrogen) atoms. The minimum absolute atomic E-state index is 0. The Labute approximate surface area is 307 Å². The van der Waals surface area contributed by atoms with E-state index in [-0.39, 0.29) is 35.6 Å². The van der Waals surface area contributed by atoms with Crippen LogP contribution in [-0.2, 0) is 54.3 Å². The van der Waals surface area contributed by atoms with Crippen LogP contribution in [0.2, 0.25) is 0 Å². The molecule has 4 aromatic carbocycles. The summed E-state index contributed by atoms with van der Waals surface area (Å²) in [5.74, 6) is 0. The van der Waals surface area contributed by atoms with Crippen molar-refractivity contribution in [2.45, 2.75) is 90.9 Å². The Hall–Kier alpha value is -2.31. The fourth-order valence-corrected chi connectivity index (χ4v) is 5.99. The van der Waals surface area contributed by atoms with Crippen molar-refractivity contribution < 1.29 is 49.0 Å². The standard InChI is InChI=1S/C21H25.C17H18.C5H5.2ClH.Zr/c1-20(2,3)16-7-9-18-14(12-16)11-15-13-17(21(4,5)6)8-10-19(15)18;1-4-10-16(11-5-1)14-8-3-9-15-17-12-6-2-7-13-17;1-2-4-5-3-1;;;/h7-10,12H,11H2,1-6H3;1-2,4-7,10-13H,8-9,14-15H2;1-3H,4H2;2*1H;/q-1;;-1;;;+2/p-2. The molecule has 240 valence electrons. The van der Waals surface area contributed by atoms with Gasteiger partial charge in [-0.05, 0) is 28.4 Å². The molecule has 0 nitrogen and oxygen atoms in total. The van der Waals surface area contributed by atoms with Crippen LogP contribution in [0.1, 0.15) is 94.2 Å². The van der Waals surface area contributed by atoms with E-state index in [0.29, 0.717) is 0 Å². The molecule has 0 heterocycles. The number of rotatable bonds is 6. The average molecular weight is 727 g/mol. The minimum atomic E-state index is 0. The van der Waals surface area contributed by atoms with Gasteiger partial charge < -0.3 is 24.8 Å². The molecule has 0 amide bonds. The molecular weight excluding hydrogens is 679 g/mol. The monoisotopic (exact) mass is 724 g/mol. The second-order valence-corrected chi connectivity index (χ2v) is 15.6. The van der Waals surface area contributed by atoms with Gasteiger partial charge in [0.15, 0.2) is 0 Å². The summed E-state index contributed by atoms with van der Waals surface area (Å²) in [5, 5.41) is 0. The Balaban J connectivity index is 0.000000270. The molecule has 0 atom stereocenters. The Kier molecular flexibility index (Phi) is 16.4. The number of fused-ring (bicyclic) bond motifs is 3. The third kappa shape index (κ3) is 12.4. The zero-order valence-electron chi connectivity index (χ0n) is 28.4. The molecule has 0 radical (unpaired) electrons. The maximum absolute atomic E-state index is 3.67. The van der Waals surface area contributed by atoms with E-state index >= 15 is 0 Å². The van der Waals surface area contributed by atoms with Crippen LogP contribution in [0.5, 0.6) is 0 Å². The van der Waals surface area contributed by atoms with Crippen LogP contribution in [-0.4, -0.2) is 3.21 Å². The van der Waals surface area contributed by atoms with Crippen LogP contribution in [0, 0.1) is 12.1 Å². The zero-order chi connectivity index (χ0) is 31.6. The molecule has 0 N–H and O–H groups in total. The number of allylic oxidation sites excluding steroid dienone is 4. The van der Waals surface area contributed by atoms with Crippen molar-refractivity contribution in [1.29, 1.82) is 0 Å². The fraction of sp³-hybridized carbons (Fsp3) is 0.326. The van der Waals surface area contributed by atoms with Gasteiger partial charge in [0.1, 0.15) is 0 Å². The SMILES string of the molecule is CC(C)(C)c1[c-]c2c(cc1)-c1ccc(C(C)(C)C)cc1C2.[C-]1=CC=CC1.[Cl-].[Cl-].[Zr+2]=[C](CCc1ccccc1)CCc1ccccc1. The van der Waals surface area contributed by atoms with Gasteiger partial charge >= 0.3 is 125 Å². The van der Waals surface area contributed by atoms with Crippen molar-refractivity contribution in [2.75, 3.05) is 0 Å². The predicted molar refractivity (Wildman–Crippen MR) is 187 cm³/mol. The third-order valence-corrected chi connectivity index (χ3v) is 9.40. The van der Waals surface area contributed by atoms with Gasteiger partial charge in [-0.1, -0.05) is 65.3 Å². The fourth-order valence-electron chi connectivity index (χ4n) is 5.37. The molecule has 2 aliphatic rings. The summed E-state index contributed by atoms with van der Waals surface area (Å²) < 4.78 is 1.69. The van der Waals surface area contributed by atoms with Crippen molar-refractivity contribution in [3.63, 3.8) is 0 Å². The van der Waals surface area contributed by atoms with Crippen LogP contribution < -0.4 is 24.8 Å². The van der Waals surface area contributed by atoms with E-state index in [1.807, 2.05) is 12.2 Å². The van der Waals surface area contributed by atoms with Crippen LogP contribution in [0.3, 0.4) is 0 Å². The Morgan fingerprint density at radius 3 is 1.72 bits per heavy atom. The number of hydrogen-bond acceptors (Lipinski definition) is 0. The second kappa shape index (κ2) is 18.9. The van der Waals surface area contributed by atoms with Gasteiger partial charge in [0.25, 0.3) is 0 Å². The molecular formula is C43H48Cl2Zr-2. The molecule has 0 fully saturated rings. The van der Waals surface area contributed by atoms with Gasteiger partial charge in [0.05, 0.1) is 0 Å². The number of benzene rings is 4. The normalized spacial score (nSPS) is 12.3. The molecule has 6 rings (SSSR count). The molecule has 0 saturated carbocycles. The maximum atomic E-state index is 3.67. The number of aryl methyl sites for hydroxylation is 2. The summed E-state index contributed by atoms with van der Waals surface area (Å²) in [7, 11) is 0. The Morgan fingerprint density at radius 2 is 1.26 bits per heavy atom. The molecule has 2 aliphatic carbocycles. The molecule has 4 aromatic rings.